The van der Waals surface area contributed by atoms with Crippen LogP contribution in [-0.4, -0.2) is 19.2 Å². The number of esters is 1. The molecule has 2 rings (SSSR count). The lowest BCUT2D eigenvalue weighted by atomic mass is 10.2. The quantitative estimate of drug-likeness (QED) is 0.170. The Balaban J connectivity index is 2.44. The Morgan fingerprint density at radius 3 is 2.17 bits per heavy atom. The number of ether oxygens (including phenoxy) is 3. The Hall–Kier alpha value is -3.02. The van der Waals surface area contributed by atoms with Gasteiger partial charge in [0.25, 0.3) is 0 Å². The van der Waals surface area contributed by atoms with Crippen molar-refractivity contribution in [1.82, 2.24) is 0 Å². The highest BCUT2D eigenvalue weighted by atomic mass is 16.5. The molecule has 0 bridgehead atoms. The van der Waals surface area contributed by atoms with Crippen LogP contribution in [0.15, 0.2) is 51.7 Å². The monoisotopic (exact) mass is 400 g/mol. The van der Waals surface area contributed by atoms with Gasteiger partial charge in [0.05, 0.1) is 13.2 Å². The van der Waals surface area contributed by atoms with Gasteiger partial charge in [0.1, 0.15) is 16.7 Å². The molecule has 0 saturated heterocycles. The van der Waals surface area contributed by atoms with Gasteiger partial charge in [-0.05, 0) is 37.8 Å². The van der Waals surface area contributed by atoms with E-state index >= 15 is 0 Å². The molecule has 0 radical (unpaired) electrons. The van der Waals surface area contributed by atoms with Gasteiger partial charge in [-0.3, -0.25) is 4.79 Å². The summed E-state index contributed by atoms with van der Waals surface area (Å²) >= 11 is 0. The van der Waals surface area contributed by atoms with Crippen LogP contribution in [-0.2, 0) is 4.79 Å². The van der Waals surface area contributed by atoms with Gasteiger partial charge in [0.2, 0.25) is 5.75 Å². The lowest BCUT2D eigenvalue weighted by Crippen LogP contribution is -2.12. The van der Waals surface area contributed by atoms with E-state index in [1.165, 1.54) is 6.92 Å². The fraction of sp³-hybridized carbons (Fsp3) is 0.391. The van der Waals surface area contributed by atoms with Gasteiger partial charge in [-0.2, -0.15) is 0 Å². The summed E-state index contributed by atoms with van der Waals surface area (Å²) in [6.07, 6.45) is 11.3. The van der Waals surface area contributed by atoms with Gasteiger partial charge in [-0.15, -0.1) is 0 Å². The Morgan fingerprint density at radius 1 is 0.966 bits per heavy atom. The van der Waals surface area contributed by atoms with Crippen molar-refractivity contribution in [3.63, 3.8) is 0 Å². The summed E-state index contributed by atoms with van der Waals surface area (Å²) in [5, 5.41) is 0.404. The minimum Gasteiger partial charge on any atom is -0.488 e. The normalized spacial score (nSPS) is 11.4. The molecule has 0 N–H and O–H groups in total. The highest BCUT2D eigenvalue weighted by Gasteiger charge is 2.21. The molecular weight excluding hydrogens is 372 g/mol. The molecule has 0 aliphatic carbocycles. The van der Waals surface area contributed by atoms with Gasteiger partial charge in [0, 0.05) is 6.92 Å². The van der Waals surface area contributed by atoms with E-state index in [1.54, 1.807) is 18.2 Å². The zero-order valence-corrected chi connectivity index (χ0v) is 17.2. The Morgan fingerprint density at radius 2 is 1.59 bits per heavy atom. The first-order valence-corrected chi connectivity index (χ1v) is 9.92. The number of hydrogen-bond acceptors (Lipinski definition) is 6. The van der Waals surface area contributed by atoms with Crippen molar-refractivity contribution in [3.8, 4) is 17.2 Å². The topological polar surface area (TPSA) is 75.0 Å². The average Bonchev–Trinajstić information content (AvgIpc) is 2.68. The van der Waals surface area contributed by atoms with E-state index in [2.05, 4.69) is 6.92 Å². The molecule has 29 heavy (non-hydrogen) atoms. The van der Waals surface area contributed by atoms with Crippen molar-refractivity contribution in [1.29, 1.82) is 0 Å². The van der Waals surface area contributed by atoms with Crippen molar-refractivity contribution in [2.45, 2.75) is 46.5 Å². The SMILES string of the molecule is CCC=CCCOc1c(OCCC=CCC)c2c(OC(C)=O)cccc2oc1=O. The molecule has 6 nitrogen and oxygen atoms in total. The van der Waals surface area contributed by atoms with Crippen molar-refractivity contribution in [3.05, 3.63) is 52.9 Å². The molecule has 0 aliphatic rings. The minimum absolute atomic E-state index is 0.0125. The third-order valence-electron chi connectivity index (χ3n) is 3.93. The van der Waals surface area contributed by atoms with Crippen molar-refractivity contribution in [2.24, 2.45) is 0 Å². The molecule has 0 unspecified atom stereocenters. The fourth-order valence-corrected chi connectivity index (χ4v) is 2.70. The average molecular weight is 400 g/mol. The standard InChI is InChI=1S/C23H28O6/c1-4-6-8-10-15-26-21-20-18(28-17(3)24)13-12-14-19(20)29-23(25)22(21)27-16-11-9-7-5-2/h6-9,12-14H,4-5,10-11,15-16H2,1-3H3. The lowest BCUT2D eigenvalue weighted by molar-refractivity contribution is -0.131. The summed E-state index contributed by atoms with van der Waals surface area (Å²) in [5.74, 6) is 0.000204. The first kappa shape index (κ1) is 22.3. The molecule has 6 heteroatoms. The molecule has 0 fully saturated rings. The number of rotatable bonds is 11. The second-order valence-electron chi connectivity index (χ2n) is 6.30. The van der Waals surface area contributed by atoms with E-state index in [9.17, 15) is 9.59 Å². The molecule has 0 amide bonds. The molecule has 156 valence electrons. The second-order valence-corrected chi connectivity index (χ2v) is 6.30. The summed E-state index contributed by atoms with van der Waals surface area (Å²) in [5.41, 5.74) is -0.359. The van der Waals surface area contributed by atoms with Crippen molar-refractivity contribution in [2.75, 3.05) is 13.2 Å². The third-order valence-corrected chi connectivity index (χ3v) is 3.93. The van der Waals surface area contributed by atoms with Crippen LogP contribution in [0.3, 0.4) is 0 Å². The van der Waals surface area contributed by atoms with Crippen LogP contribution in [0.25, 0.3) is 11.0 Å². The van der Waals surface area contributed by atoms with Crippen LogP contribution in [0, 0.1) is 0 Å². The molecule has 2 aromatic rings. The van der Waals surface area contributed by atoms with Crippen molar-refractivity contribution < 1.29 is 23.4 Å². The predicted octanol–water partition coefficient (Wildman–Crippen LogP) is 5.19. The van der Waals surface area contributed by atoms with Gasteiger partial charge in [-0.25, -0.2) is 4.79 Å². The van der Waals surface area contributed by atoms with Gasteiger partial charge >= 0.3 is 11.6 Å². The Bertz CT molecular complexity index is 923. The van der Waals surface area contributed by atoms with Crippen LogP contribution in [0.1, 0.15) is 46.5 Å². The van der Waals surface area contributed by atoms with Gasteiger partial charge < -0.3 is 18.6 Å². The fourth-order valence-electron chi connectivity index (χ4n) is 2.70. The molecule has 1 aromatic carbocycles. The van der Waals surface area contributed by atoms with E-state index in [-0.39, 0.29) is 22.8 Å². The first-order valence-electron chi connectivity index (χ1n) is 9.92. The highest BCUT2D eigenvalue weighted by molar-refractivity contribution is 5.93. The van der Waals surface area contributed by atoms with E-state index in [0.717, 1.165) is 12.8 Å². The summed E-state index contributed by atoms with van der Waals surface area (Å²) in [4.78, 5) is 24.1. The lowest BCUT2D eigenvalue weighted by Gasteiger charge is -2.15. The highest BCUT2D eigenvalue weighted by Crippen LogP contribution is 2.39. The summed E-state index contributed by atoms with van der Waals surface area (Å²) in [6, 6.07) is 4.90. The van der Waals surface area contributed by atoms with E-state index in [1.807, 2.05) is 31.2 Å². The summed E-state index contributed by atoms with van der Waals surface area (Å²) < 4.78 is 22.4. The number of carbonyl (C=O) groups excluding carboxylic acids is 1. The van der Waals surface area contributed by atoms with Crippen LogP contribution < -0.4 is 19.8 Å². The van der Waals surface area contributed by atoms with Crippen molar-refractivity contribution >= 4 is 16.9 Å². The van der Waals surface area contributed by atoms with Gasteiger partial charge in [-0.1, -0.05) is 44.2 Å². The summed E-state index contributed by atoms with van der Waals surface area (Å²) in [6.45, 7) is 6.05. The molecule has 0 saturated carbocycles. The summed E-state index contributed by atoms with van der Waals surface area (Å²) in [7, 11) is 0. The molecule has 0 atom stereocenters. The van der Waals surface area contributed by atoms with Crippen LogP contribution in [0.2, 0.25) is 0 Å². The van der Waals surface area contributed by atoms with Crippen LogP contribution >= 0.6 is 0 Å². The Labute approximate surface area is 170 Å². The second kappa shape index (κ2) is 11.7. The van der Waals surface area contributed by atoms with E-state index in [4.69, 9.17) is 18.6 Å². The van der Waals surface area contributed by atoms with E-state index < -0.39 is 11.6 Å². The minimum atomic E-state index is -0.629. The predicted molar refractivity (Wildman–Crippen MR) is 113 cm³/mol. The number of fused-ring (bicyclic) bond motifs is 1. The molecule has 0 aliphatic heterocycles. The maximum Gasteiger partial charge on any atom is 0.383 e. The molecule has 1 heterocycles. The number of benzene rings is 1. The third kappa shape index (κ3) is 6.52. The molecule has 0 spiro atoms. The number of hydrogen-bond donors (Lipinski definition) is 0. The zero-order valence-electron chi connectivity index (χ0n) is 17.2. The van der Waals surface area contributed by atoms with Gasteiger partial charge in [0.15, 0.2) is 5.75 Å². The largest absolute Gasteiger partial charge is 0.488 e. The smallest absolute Gasteiger partial charge is 0.383 e. The molecular formula is C23H28O6. The maximum absolute atomic E-state index is 12.5. The number of carbonyl (C=O) groups is 1. The zero-order chi connectivity index (χ0) is 21.1. The molecule has 1 aromatic heterocycles. The number of allylic oxidation sites excluding steroid dienone is 2. The first-order chi connectivity index (χ1) is 14.1. The van der Waals surface area contributed by atoms with Crippen LogP contribution in [0.4, 0.5) is 0 Å². The Kier molecular flexibility index (Phi) is 9.02. The maximum atomic E-state index is 12.5. The van der Waals surface area contributed by atoms with Crippen LogP contribution in [0.5, 0.6) is 17.2 Å². The van der Waals surface area contributed by atoms with E-state index in [0.29, 0.717) is 31.4 Å².